The number of ether oxygens (including phenoxy) is 2. The minimum atomic E-state index is -0.835. The number of rotatable bonds is 4. The first kappa shape index (κ1) is 13.8. The predicted octanol–water partition coefficient (Wildman–Crippen LogP) is 0.378. The van der Waals surface area contributed by atoms with Crippen molar-refractivity contribution in [3.05, 3.63) is 0 Å². The Bertz CT molecular complexity index is 307. The molecule has 2 rings (SSSR count). The van der Waals surface area contributed by atoms with Gasteiger partial charge < -0.3 is 15.2 Å². The number of hydrogen-bond donors (Lipinski definition) is 1. The van der Waals surface area contributed by atoms with Crippen molar-refractivity contribution >= 4 is 5.97 Å². The van der Waals surface area contributed by atoms with Gasteiger partial charge in [-0.25, -0.2) is 0 Å². The molecule has 1 aliphatic carbocycles. The lowest BCUT2D eigenvalue weighted by Crippen LogP contribution is -2.59. The average molecular weight is 256 g/mol. The van der Waals surface area contributed by atoms with E-state index in [0.717, 1.165) is 39.0 Å². The van der Waals surface area contributed by atoms with E-state index in [1.54, 1.807) is 0 Å². The molecule has 2 atom stereocenters. The molecule has 5 nitrogen and oxygen atoms in total. The van der Waals surface area contributed by atoms with Crippen LogP contribution in [0.15, 0.2) is 0 Å². The lowest BCUT2D eigenvalue weighted by Gasteiger charge is -2.33. The smallest absolute Gasteiger partial charge is 0.327 e. The molecule has 0 spiro atoms. The zero-order valence-electron chi connectivity index (χ0n) is 11.4. The molecule has 5 heteroatoms. The number of carbonyl (C=O) groups is 1. The topological polar surface area (TPSA) is 64.8 Å². The molecule has 2 aliphatic rings. The van der Waals surface area contributed by atoms with Crippen LogP contribution in [0.3, 0.4) is 0 Å². The van der Waals surface area contributed by atoms with Crippen molar-refractivity contribution in [3.63, 3.8) is 0 Å². The third-order valence-corrected chi connectivity index (χ3v) is 3.89. The van der Waals surface area contributed by atoms with E-state index in [0.29, 0.717) is 6.54 Å². The van der Waals surface area contributed by atoms with Crippen molar-refractivity contribution in [2.75, 3.05) is 33.4 Å². The summed E-state index contributed by atoms with van der Waals surface area (Å²) in [6, 6.07) is 0. The molecule has 104 valence electrons. The molecule has 1 heterocycles. The molecule has 0 bridgehead atoms. The van der Waals surface area contributed by atoms with Crippen LogP contribution < -0.4 is 5.73 Å². The Balaban J connectivity index is 2.01. The summed E-state index contributed by atoms with van der Waals surface area (Å²) >= 11 is 0. The van der Waals surface area contributed by atoms with Gasteiger partial charge in [-0.3, -0.25) is 9.69 Å². The van der Waals surface area contributed by atoms with Gasteiger partial charge in [-0.15, -0.1) is 0 Å². The summed E-state index contributed by atoms with van der Waals surface area (Å²) in [6.45, 7) is 5.20. The van der Waals surface area contributed by atoms with E-state index in [1.807, 2.05) is 0 Å². The molecule has 0 aromatic rings. The quantitative estimate of drug-likeness (QED) is 0.737. The highest BCUT2D eigenvalue weighted by molar-refractivity contribution is 5.81. The van der Waals surface area contributed by atoms with Gasteiger partial charge in [-0.1, -0.05) is 0 Å². The zero-order chi connectivity index (χ0) is 13.2. The van der Waals surface area contributed by atoms with Gasteiger partial charge in [0.2, 0.25) is 0 Å². The molecule has 18 heavy (non-hydrogen) atoms. The van der Waals surface area contributed by atoms with E-state index < -0.39 is 5.54 Å². The van der Waals surface area contributed by atoms with Gasteiger partial charge in [-0.2, -0.15) is 0 Å². The highest BCUT2D eigenvalue weighted by Gasteiger charge is 2.49. The van der Waals surface area contributed by atoms with Crippen LogP contribution in [0.2, 0.25) is 0 Å². The summed E-state index contributed by atoms with van der Waals surface area (Å²) in [6.07, 6.45) is 3.26. The summed E-state index contributed by atoms with van der Waals surface area (Å²) in [5.74, 6) is 0.00671. The second-order valence-corrected chi connectivity index (χ2v) is 5.58. The molecule has 2 N–H and O–H groups in total. The Morgan fingerprint density at radius 1 is 1.56 bits per heavy atom. The molecule has 1 saturated carbocycles. The van der Waals surface area contributed by atoms with Gasteiger partial charge in [0.25, 0.3) is 0 Å². The minimum absolute atomic E-state index is 0.202. The lowest BCUT2D eigenvalue weighted by atomic mass is 9.93. The first-order chi connectivity index (χ1) is 8.56. The summed E-state index contributed by atoms with van der Waals surface area (Å²) in [7, 11) is 1.42. The number of esters is 1. The van der Waals surface area contributed by atoms with Crippen molar-refractivity contribution < 1.29 is 14.3 Å². The number of carbonyl (C=O) groups excluding carboxylic acids is 1. The number of nitrogens with two attached hydrogens (primary N) is 1. The molecule has 2 fully saturated rings. The first-order valence-electron chi connectivity index (χ1n) is 6.77. The largest absolute Gasteiger partial charge is 0.468 e. The fourth-order valence-electron chi connectivity index (χ4n) is 2.74. The van der Waals surface area contributed by atoms with E-state index in [9.17, 15) is 4.79 Å². The van der Waals surface area contributed by atoms with Crippen LogP contribution in [0.25, 0.3) is 0 Å². The van der Waals surface area contributed by atoms with Gasteiger partial charge in [0.1, 0.15) is 5.54 Å². The van der Waals surface area contributed by atoms with E-state index >= 15 is 0 Å². The Morgan fingerprint density at radius 3 is 2.89 bits per heavy atom. The van der Waals surface area contributed by atoms with Crippen LogP contribution in [0, 0.1) is 5.92 Å². The highest BCUT2D eigenvalue weighted by atomic mass is 16.5. The molecule has 2 unspecified atom stereocenters. The fourth-order valence-corrected chi connectivity index (χ4v) is 2.74. The Kier molecular flexibility index (Phi) is 4.25. The third kappa shape index (κ3) is 3.02. The molecule has 0 amide bonds. The molecular weight excluding hydrogens is 232 g/mol. The van der Waals surface area contributed by atoms with Crippen molar-refractivity contribution in [1.29, 1.82) is 0 Å². The first-order valence-corrected chi connectivity index (χ1v) is 6.77. The third-order valence-electron chi connectivity index (χ3n) is 3.89. The van der Waals surface area contributed by atoms with Crippen LogP contribution in [0.4, 0.5) is 0 Å². The summed E-state index contributed by atoms with van der Waals surface area (Å²) < 4.78 is 10.5. The number of hydrogen-bond acceptors (Lipinski definition) is 5. The van der Waals surface area contributed by atoms with Crippen molar-refractivity contribution in [2.24, 2.45) is 11.7 Å². The van der Waals surface area contributed by atoms with Gasteiger partial charge in [0.15, 0.2) is 0 Å². The fraction of sp³-hybridized carbons (Fsp3) is 0.923. The highest BCUT2D eigenvalue weighted by Crippen LogP contribution is 2.39. The van der Waals surface area contributed by atoms with E-state index in [4.69, 9.17) is 15.2 Å². The number of nitrogens with zero attached hydrogens (tertiary/aromatic N) is 1. The zero-order valence-corrected chi connectivity index (χ0v) is 11.4. The molecule has 1 aliphatic heterocycles. The van der Waals surface area contributed by atoms with Gasteiger partial charge in [0, 0.05) is 26.2 Å². The van der Waals surface area contributed by atoms with Crippen LogP contribution in [0.5, 0.6) is 0 Å². The lowest BCUT2D eigenvalue weighted by molar-refractivity contribution is -0.149. The van der Waals surface area contributed by atoms with Crippen molar-refractivity contribution in [1.82, 2.24) is 4.90 Å². The SMILES string of the molecule is COC(=O)C(N)(CN1CCCOC(C)C1)C1CC1. The second kappa shape index (κ2) is 5.55. The van der Waals surface area contributed by atoms with E-state index in [2.05, 4.69) is 11.8 Å². The Labute approximate surface area is 109 Å². The predicted molar refractivity (Wildman–Crippen MR) is 68.1 cm³/mol. The van der Waals surface area contributed by atoms with Crippen LogP contribution in [-0.2, 0) is 14.3 Å². The maximum atomic E-state index is 12.0. The molecule has 0 aromatic heterocycles. The maximum Gasteiger partial charge on any atom is 0.327 e. The van der Waals surface area contributed by atoms with Crippen LogP contribution in [0.1, 0.15) is 26.2 Å². The van der Waals surface area contributed by atoms with Crippen molar-refractivity contribution in [3.8, 4) is 0 Å². The monoisotopic (exact) mass is 256 g/mol. The average Bonchev–Trinajstić information content (AvgIpc) is 3.16. The van der Waals surface area contributed by atoms with Crippen LogP contribution in [-0.4, -0.2) is 55.9 Å². The van der Waals surface area contributed by atoms with Crippen molar-refractivity contribution in [2.45, 2.75) is 37.8 Å². The normalized spacial score (nSPS) is 29.4. The second-order valence-electron chi connectivity index (χ2n) is 5.58. The molecule has 1 saturated heterocycles. The molecule has 0 aromatic carbocycles. The summed E-state index contributed by atoms with van der Waals surface area (Å²) in [5, 5.41) is 0. The Morgan fingerprint density at radius 2 is 2.28 bits per heavy atom. The standard InChI is InChI=1S/C13H24N2O3/c1-10-8-15(6-3-7-18-10)9-13(14,11-4-5-11)12(16)17-2/h10-11H,3-9,14H2,1-2H3. The van der Waals surface area contributed by atoms with Gasteiger partial charge in [0.05, 0.1) is 13.2 Å². The van der Waals surface area contributed by atoms with E-state index in [-0.39, 0.29) is 18.0 Å². The molecule has 0 radical (unpaired) electrons. The van der Waals surface area contributed by atoms with Gasteiger partial charge >= 0.3 is 5.97 Å². The van der Waals surface area contributed by atoms with Gasteiger partial charge in [-0.05, 0) is 32.1 Å². The Hall–Kier alpha value is -0.650. The van der Waals surface area contributed by atoms with Crippen LogP contribution >= 0.6 is 0 Å². The summed E-state index contributed by atoms with van der Waals surface area (Å²) in [4.78, 5) is 14.2. The summed E-state index contributed by atoms with van der Waals surface area (Å²) in [5.41, 5.74) is 5.49. The minimum Gasteiger partial charge on any atom is -0.468 e. The van der Waals surface area contributed by atoms with E-state index in [1.165, 1.54) is 7.11 Å². The maximum absolute atomic E-state index is 12.0. The molecular formula is C13H24N2O3. The number of methoxy groups -OCH3 is 1.